The van der Waals surface area contributed by atoms with Crippen molar-refractivity contribution in [2.45, 2.75) is 20.0 Å². The van der Waals surface area contributed by atoms with E-state index in [1.165, 1.54) is 18.2 Å². The molecule has 0 radical (unpaired) electrons. The zero-order valence-corrected chi connectivity index (χ0v) is 13.5. The minimum atomic E-state index is -0.688. The molecule has 0 aliphatic heterocycles. The van der Waals surface area contributed by atoms with E-state index in [1.54, 1.807) is 0 Å². The second kappa shape index (κ2) is 6.84. The molecule has 0 aliphatic rings. The predicted octanol–water partition coefficient (Wildman–Crippen LogP) is 3.28. The van der Waals surface area contributed by atoms with Crippen LogP contribution in [0.1, 0.15) is 23.2 Å². The van der Waals surface area contributed by atoms with Crippen molar-refractivity contribution in [3.63, 3.8) is 0 Å². The molecule has 0 saturated heterocycles. The van der Waals surface area contributed by atoms with E-state index < -0.39 is 11.7 Å². The van der Waals surface area contributed by atoms with E-state index in [0.717, 1.165) is 12.2 Å². The average molecular weight is 349 g/mol. The van der Waals surface area contributed by atoms with Gasteiger partial charge in [0.2, 0.25) is 11.7 Å². The zero-order valence-electron chi connectivity index (χ0n) is 12.8. The molecule has 3 rings (SSSR count). The first kappa shape index (κ1) is 16.2. The van der Waals surface area contributed by atoms with Crippen LogP contribution in [0.5, 0.6) is 0 Å². The number of benzene rings is 1. The number of nitrogens with zero attached hydrogens (tertiary/aromatic N) is 3. The fraction of sp³-hybridized carbons (Fsp3) is 0.188. The Bertz CT molecular complexity index is 854. The fourth-order valence-electron chi connectivity index (χ4n) is 2.28. The number of carbonyl (C=O) groups excluding carboxylic acids is 1. The summed E-state index contributed by atoms with van der Waals surface area (Å²) in [6, 6.07) is 7.81. The van der Waals surface area contributed by atoms with Crippen LogP contribution in [0.25, 0.3) is 11.5 Å². The predicted molar refractivity (Wildman–Crippen MR) is 86.0 cm³/mol. The maximum atomic E-state index is 13.7. The van der Waals surface area contributed by atoms with Crippen molar-refractivity contribution in [3.05, 3.63) is 58.8 Å². The Morgan fingerprint density at radius 3 is 2.96 bits per heavy atom. The molecule has 2 aromatic heterocycles. The Kier molecular flexibility index (Phi) is 4.61. The fourth-order valence-corrected chi connectivity index (χ4v) is 2.53. The molecule has 0 saturated carbocycles. The molecule has 0 aliphatic carbocycles. The van der Waals surface area contributed by atoms with Crippen LogP contribution in [0, 0.1) is 5.82 Å². The molecular weight excluding hydrogens is 335 g/mol. The summed E-state index contributed by atoms with van der Waals surface area (Å²) in [6.45, 7) is 2.75. The number of nitrogens with one attached hydrogen (secondary N) is 1. The van der Waals surface area contributed by atoms with Crippen molar-refractivity contribution >= 4 is 17.5 Å². The van der Waals surface area contributed by atoms with Gasteiger partial charge in [-0.05, 0) is 31.2 Å². The topological polar surface area (TPSA) is 73.0 Å². The first-order chi connectivity index (χ1) is 11.6. The van der Waals surface area contributed by atoms with Crippen LogP contribution in [0.15, 0.2) is 41.1 Å². The summed E-state index contributed by atoms with van der Waals surface area (Å²) in [5.41, 5.74) is 0.606. The van der Waals surface area contributed by atoms with Crippen molar-refractivity contribution in [2.24, 2.45) is 0 Å². The summed E-state index contributed by atoms with van der Waals surface area (Å²) in [4.78, 5) is 16.3. The van der Waals surface area contributed by atoms with Crippen molar-refractivity contribution < 1.29 is 13.7 Å². The van der Waals surface area contributed by atoms with Crippen molar-refractivity contribution in [1.82, 2.24) is 20.0 Å². The summed E-state index contributed by atoms with van der Waals surface area (Å²) in [6.07, 6.45) is 1.91. The van der Waals surface area contributed by atoms with Gasteiger partial charge in [-0.2, -0.15) is 4.98 Å². The van der Waals surface area contributed by atoms with E-state index >= 15 is 0 Å². The van der Waals surface area contributed by atoms with E-state index in [9.17, 15) is 9.18 Å². The van der Waals surface area contributed by atoms with Crippen LogP contribution >= 0.6 is 11.6 Å². The number of aryl methyl sites for hydroxylation is 1. The summed E-state index contributed by atoms with van der Waals surface area (Å²) in [7, 11) is 0. The quantitative estimate of drug-likeness (QED) is 0.768. The van der Waals surface area contributed by atoms with Gasteiger partial charge in [0.1, 0.15) is 5.82 Å². The minimum absolute atomic E-state index is 0.0245. The number of amides is 1. The van der Waals surface area contributed by atoms with Gasteiger partial charge in [0.25, 0.3) is 5.91 Å². The highest BCUT2D eigenvalue weighted by molar-refractivity contribution is 6.33. The molecule has 8 heteroatoms. The largest absolute Gasteiger partial charge is 0.345 e. The Balaban J connectivity index is 1.71. The van der Waals surface area contributed by atoms with Crippen LogP contribution in [0.3, 0.4) is 0 Å². The first-order valence-electron chi connectivity index (χ1n) is 7.30. The molecule has 0 fully saturated rings. The van der Waals surface area contributed by atoms with Crippen LogP contribution in [-0.2, 0) is 13.1 Å². The maximum Gasteiger partial charge on any atom is 0.256 e. The number of carbonyl (C=O) groups is 1. The van der Waals surface area contributed by atoms with E-state index in [0.29, 0.717) is 5.82 Å². The number of aromatic nitrogens is 3. The van der Waals surface area contributed by atoms with Gasteiger partial charge < -0.3 is 14.4 Å². The molecule has 0 unspecified atom stereocenters. The summed E-state index contributed by atoms with van der Waals surface area (Å²) in [5.74, 6) is -0.688. The molecular formula is C16H14ClFN4O2. The molecule has 1 aromatic carbocycles. The van der Waals surface area contributed by atoms with Crippen molar-refractivity contribution in [1.29, 1.82) is 0 Å². The lowest BCUT2D eigenvalue weighted by Crippen LogP contribution is -2.24. The molecule has 1 amide bonds. The third-order valence-electron chi connectivity index (χ3n) is 3.46. The summed E-state index contributed by atoms with van der Waals surface area (Å²) >= 11 is 5.86. The highest BCUT2D eigenvalue weighted by Crippen LogP contribution is 2.19. The Hall–Kier alpha value is -2.67. The van der Waals surface area contributed by atoms with Crippen molar-refractivity contribution in [3.8, 4) is 11.5 Å². The standard InChI is InChI=1S/C16H14ClFN4O2/c1-2-22-8-4-7-12(22)15-20-13(24-21-15)9-19-16(23)14-10(17)5-3-6-11(14)18/h3-8H,2,9H2,1H3,(H,19,23). The minimum Gasteiger partial charge on any atom is -0.345 e. The van der Waals surface area contributed by atoms with Crippen LogP contribution in [0.4, 0.5) is 4.39 Å². The third kappa shape index (κ3) is 3.16. The first-order valence-corrected chi connectivity index (χ1v) is 7.68. The van der Waals surface area contributed by atoms with E-state index in [4.69, 9.17) is 16.1 Å². The lowest BCUT2D eigenvalue weighted by molar-refractivity contribution is 0.0942. The normalized spacial score (nSPS) is 10.8. The van der Waals surface area contributed by atoms with Gasteiger partial charge in [0, 0.05) is 12.7 Å². The SMILES string of the molecule is CCn1cccc1-c1noc(CNC(=O)c2c(F)cccc2Cl)n1. The summed E-state index contributed by atoms with van der Waals surface area (Å²) in [5, 5.41) is 6.45. The van der Waals surface area contributed by atoms with E-state index in [-0.39, 0.29) is 23.0 Å². The lowest BCUT2D eigenvalue weighted by atomic mass is 10.2. The number of halogens is 2. The Labute approximate surface area is 142 Å². The molecule has 2 heterocycles. The van der Waals surface area contributed by atoms with Crippen LogP contribution in [0.2, 0.25) is 5.02 Å². The number of rotatable bonds is 5. The van der Waals surface area contributed by atoms with Crippen LogP contribution < -0.4 is 5.32 Å². The van der Waals surface area contributed by atoms with Gasteiger partial charge in [0.15, 0.2) is 0 Å². The molecule has 0 spiro atoms. The van der Waals surface area contributed by atoms with E-state index in [1.807, 2.05) is 29.8 Å². The highest BCUT2D eigenvalue weighted by atomic mass is 35.5. The van der Waals surface area contributed by atoms with Gasteiger partial charge in [-0.3, -0.25) is 4.79 Å². The number of hydrogen-bond acceptors (Lipinski definition) is 4. The second-order valence-corrected chi connectivity index (χ2v) is 5.38. The summed E-state index contributed by atoms with van der Waals surface area (Å²) < 4.78 is 20.8. The number of hydrogen-bond donors (Lipinski definition) is 1. The van der Waals surface area contributed by atoms with Gasteiger partial charge >= 0.3 is 0 Å². The van der Waals surface area contributed by atoms with Crippen LogP contribution in [-0.4, -0.2) is 20.6 Å². The zero-order chi connectivity index (χ0) is 17.1. The molecule has 3 aromatic rings. The van der Waals surface area contributed by atoms with Gasteiger partial charge in [-0.1, -0.05) is 22.8 Å². The molecule has 0 atom stereocenters. The van der Waals surface area contributed by atoms with Gasteiger partial charge in [-0.25, -0.2) is 4.39 Å². The monoisotopic (exact) mass is 348 g/mol. The van der Waals surface area contributed by atoms with Crippen molar-refractivity contribution in [2.75, 3.05) is 0 Å². The molecule has 24 heavy (non-hydrogen) atoms. The second-order valence-electron chi connectivity index (χ2n) is 4.97. The third-order valence-corrected chi connectivity index (χ3v) is 3.77. The molecule has 6 nitrogen and oxygen atoms in total. The molecule has 124 valence electrons. The lowest BCUT2D eigenvalue weighted by Gasteiger charge is -2.05. The van der Waals surface area contributed by atoms with Gasteiger partial charge in [-0.15, -0.1) is 0 Å². The highest BCUT2D eigenvalue weighted by Gasteiger charge is 2.17. The van der Waals surface area contributed by atoms with E-state index in [2.05, 4.69) is 15.5 Å². The molecule has 0 bridgehead atoms. The maximum absolute atomic E-state index is 13.7. The smallest absolute Gasteiger partial charge is 0.256 e. The Morgan fingerprint density at radius 1 is 1.38 bits per heavy atom. The van der Waals surface area contributed by atoms with Gasteiger partial charge in [0.05, 0.1) is 22.8 Å². The molecule has 1 N–H and O–H groups in total. The Morgan fingerprint density at radius 2 is 2.21 bits per heavy atom. The average Bonchev–Trinajstić information content (AvgIpc) is 3.21.